The van der Waals surface area contributed by atoms with Crippen LogP contribution in [0.2, 0.25) is 0 Å². The van der Waals surface area contributed by atoms with Gasteiger partial charge in [-0.25, -0.2) is 0 Å². The molecular formula is C13H14OS. The van der Waals surface area contributed by atoms with Crippen LogP contribution < -0.4 is 0 Å². The second-order valence-corrected chi connectivity index (χ2v) is 4.89. The minimum Gasteiger partial charge on any atom is -0.295 e. The van der Waals surface area contributed by atoms with E-state index in [2.05, 4.69) is 12.1 Å². The van der Waals surface area contributed by atoms with Crippen LogP contribution >= 0.6 is 11.8 Å². The molecule has 0 unspecified atom stereocenters. The highest BCUT2D eigenvalue weighted by molar-refractivity contribution is 7.99. The Balaban J connectivity index is 1.84. The van der Waals surface area contributed by atoms with Gasteiger partial charge in [-0.3, -0.25) is 4.79 Å². The van der Waals surface area contributed by atoms with Gasteiger partial charge < -0.3 is 0 Å². The Bertz CT molecular complexity index is 356. The zero-order chi connectivity index (χ0) is 10.5. The van der Waals surface area contributed by atoms with Gasteiger partial charge in [0.25, 0.3) is 0 Å². The summed E-state index contributed by atoms with van der Waals surface area (Å²) < 4.78 is 0. The highest BCUT2D eigenvalue weighted by Crippen LogP contribution is 2.25. The molecule has 0 aliphatic heterocycles. The molecule has 0 heterocycles. The minimum absolute atomic E-state index is 0.278. The first-order valence-corrected chi connectivity index (χ1v) is 6.20. The molecule has 0 spiro atoms. The summed E-state index contributed by atoms with van der Waals surface area (Å²) in [5.41, 5.74) is 0. The van der Waals surface area contributed by atoms with Crippen molar-refractivity contribution in [3.63, 3.8) is 0 Å². The number of hydrogen-bond donors (Lipinski definition) is 0. The fourth-order valence-corrected chi connectivity index (χ4v) is 2.72. The van der Waals surface area contributed by atoms with Crippen molar-refractivity contribution in [2.75, 3.05) is 5.75 Å². The lowest BCUT2D eigenvalue weighted by Crippen LogP contribution is -2.12. The zero-order valence-corrected chi connectivity index (χ0v) is 9.37. The molecule has 1 aliphatic rings. The molecule has 1 aliphatic carbocycles. The molecule has 0 fully saturated rings. The Morgan fingerprint density at radius 3 is 2.80 bits per heavy atom. The second kappa shape index (κ2) is 5.17. The summed E-state index contributed by atoms with van der Waals surface area (Å²) in [6, 6.07) is 10.4. The van der Waals surface area contributed by atoms with Crippen molar-refractivity contribution < 1.29 is 4.79 Å². The maximum Gasteiger partial charge on any atom is 0.155 e. The van der Waals surface area contributed by atoms with E-state index in [0.717, 1.165) is 18.6 Å². The van der Waals surface area contributed by atoms with Crippen LogP contribution in [0.15, 0.2) is 47.4 Å². The second-order valence-electron chi connectivity index (χ2n) is 3.80. The number of benzene rings is 1. The molecule has 1 aromatic carbocycles. The smallest absolute Gasteiger partial charge is 0.155 e. The third-order valence-electron chi connectivity index (χ3n) is 2.49. The molecule has 0 saturated carbocycles. The number of allylic oxidation sites excluding steroid dienone is 2. The van der Waals surface area contributed by atoms with Gasteiger partial charge in [0.05, 0.1) is 0 Å². The van der Waals surface area contributed by atoms with Crippen LogP contribution in [0.4, 0.5) is 0 Å². The lowest BCUT2D eigenvalue weighted by molar-refractivity contribution is -0.115. The zero-order valence-electron chi connectivity index (χ0n) is 8.56. The summed E-state index contributed by atoms with van der Waals surface area (Å²) in [4.78, 5) is 12.5. The number of hydrogen-bond acceptors (Lipinski definition) is 2. The van der Waals surface area contributed by atoms with E-state index in [4.69, 9.17) is 0 Å². The molecule has 1 aromatic rings. The summed E-state index contributed by atoms with van der Waals surface area (Å²) in [5, 5.41) is 0. The first-order chi connectivity index (χ1) is 7.34. The van der Waals surface area contributed by atoms with Crippen LogP contribution in [0.25, 0.3) is 0 Å². The average molecular weight is 218 g/mol. The Kier molecular flexibility index (Phi) is 3.62. The largest absolute Gasteiger partial charge is 0.295 e. The fraction of sp³-hybridized carbons (Fsp3) is 0.308. The van der Waals surface area contributed by atoms with Crippen molar-refractivity contribution in [2.24, 2.45) is 5.92 Å². The molecule has 2 heteroatoms. The third-order valence-corrected chi connectivity index (χ3v) is 3.74. The van der Waals surface area contributed by atoms with Crippen molar-refractivity contribution in [3.05, 3.63) is 42.5 Å². The van der Waals surface area contributed by atoms with Crippen LogP contribution in [-0.4, -0.2) is 11.5 Å². The Morgan fingerprint density at radius 2 is 2.07 bits per heavy atom. The van der Waals surface area contributed by atoms with Gasteiger partial charge in [0.1, 0.15) is 0 Å². The molecule has 0 amide bonds. The lowest BCUT2D eigenvalue weighted by atomic mass is 9.95. The highest BCUT2D eigenvalue weighted by Gasteiger charge is 2.15. The molecule has 0 radical (unpaired) electrons. The Labute approximate surface area is 94.6 Å². The van der Waals surface area contributed by atoms with E-state index in [1.807, 2.05) is 36.0 Å². The average Bonchev–Trinajstić information content (AvgIpc) is 2.28. The molecule has 0 saturated heterocycles. The van der Waals surface area contributed by atoms with Crippen molar-refractivity contribution in [1.29, 1.82) is 0 Å². The summed E-state index contributed by atoms with van der Waals surface area (Å²) in [6.45, 7) is 0. The summed E-state index contributed by atoms with van der Waals surface area (Å²) in [5.74, 6) is 1.84. The van der Waals surface area contributed by atoms with Gasteiger partial charge in [-0.05, 0) is 30.5 Å². The van der Waals surface area contributed by atoms with Gasteiger partial charge in [-0.15, -0.1) is 11.8 Å². The monoisotopic (exact) mass is 218 g/mol. The van der Waals surface area contributed by atoms with Crippen molar-refractivity contribution in [1.82, 2.24) is 0 Å². The standard InChI is InChI=1S/C13H14OS/c14-12-6-4-5-11(9-12)10-15-13-7-2-1-3-8-13/h1-4,6-8,11H,5,9-10H2/t11-/m1/s1. The molecule has 1 atom stereocenters. The van der Waals surface area contributed by atoms with E-state index in [0.29, 0.717) is 5.92 Å². The summed E-state index contributed by atoms with van der Waals surface area (Å²) in [6.07, 6.45) is 5.48. The fourth-order valence-electron chi connectivity index (χ4n) is 1.69. The number of carbonyl (C=O) groups excluding carboxylic acids is 1. The van der Waals surface area contributed by atoms with Crippen molar-refractivity contribution >= 4 is 17.5 Å². The van der Waals surface area contributed by atoms with Crippen LogP contribution in [0.1, 0.15) is 12.8 Å². The van der Waals surface area contributed by atoms with Gasteiger partial charge >= 0.3 is 0 Å². The molecule has 2 rings (SSSR count). The van der Waals surface area contributed by atoms with Crippen LogP contribution in [-0.2, 0) is 4.79 Å². The van der Waals surface area contributed by atoms with Crippen molar-refractivity contribution in [3.8, 4) is 0 Å². The molecular weight excluding hydrogens is 204 g/mol. The third kappa shape index (κ3) is 3.24. The summed E-state index contributed by atoms with van der Waals surface area (Å²) in [7, 11) is 0. The van der Waals surface area contributed by atoms with Crippen LogP contribution in [0.5, 0.6) is 0 Å². The first kappa shape index (κ1) is 10.5. The number of carbonyl (C=O) groups is 1. The SMILES string of the molecule is O=C1C=CC[C@@H](CSc2ccccc2)C1. The van der Waals surface area contributed by atoms with Gasteiger partial charge in [-0.2, -0.15) is 0 Å². The highest BCUT2D eigenvalue weighted by atomic mass is 32.2. The maximum absolute atomic E-state index is 11.2. The number of thioether (sulfide) groups is 1. The van der Waals surface area contributed by atoms with E-state index in [1.54, 1.807) is 6.08 Å². The van der Waals surface area contributed by atoms with Gasteiger partial charge in [0.2, 0.25) is 0 Å². The molecule has 0 aromatic heterocycles. The number of rotatable bonds is 3. The van der Waals surface area contributed by atoms with E-state index in [-0.39, 0.29) is 5.78 Å². The van der Waals surface area contributed by atoms with Crippen molar-refractivity contribution in [2.45, 2.75) is 17.7 Å². The van der Waals surface area contributed by atoms with Gasteiger partial charge in [0, 0.05) is 17.1 Å². The predicted octanol–water partition coefficient (Wildman–Crippen LogP) is 3.31. The first-order valence-electron chi connectivity index (χ1n) is 5.22. The molecule has 0 bridgehead atoms. The predicted molar refractivity (Wildman–Crippen MR) is 64.0 cm³/mol. The molecule has 0 N–H and O–H groups in total. The van der Waals surface area contributed by atoms with Crippen LogP contribution in [0.3, 0.4) is 0 Å². The topological polar surface area (TPSA) is 17.1 Å². The molecule has 1 nitrogen and oxygen atoms in total. The molecule has 78 valence electrons. The Hall–Kier alpha value is -1.02. The Morgan fingerprint density at radius 1 is 1.27 bits per heavy atom. The molecule has 15 heavy (non-hydrogen) atoms. The van der Waals surface area contributed by atoms with E-state index >= 15 is 0 Å². The van der Waals surface area contributed by atoms with Gasteiger partial charge in [-0.1, -0.05) is 24.3 Å². The normalized spacial score (nSPS) is 20.5. The van der Waals surface area contributed by atoms with E-state index in [9.17, 15) is 4.79 Å². The lowest BCUT2D eigenvalue weighted by Gasteiger charge is -2.15. The van der Waals surface area contributed by atoms with E-state index < -0.39 is 0 Å². The number of ketones is 1. The van der Waals surface area contributed by atoms with Gasteiger partial charge in [0.15, 0.2) is 5.78 Å². The summed E-state index contributed by atoms with van der Waals surface area (Å²) >= 11 is 1.84. The maximum atomic E-state index is 11.2. The minimum atomic E-state index is 0.278. The van der Waals surface area contributed by atoms with E-state index in [1.165, 1.54) is 4.90 Å². The van der Waals surface area contributed by atoms with Crippen LogP contribution in [0, 0.1) is 5.92 Å². The quantitative estimate of drug-likeness (QED) is 0.724.